The van der Waals surface area contributed by atoms with Crippen LogP contribution in [0.5, 0.6) is 11.5 Å². The van der Waals surface area contributed by atoms with E-state index in [1.807, 2.05) is 0 Å². The van der Waals surface area contributed by atoms with E-state index in [9.17, 15) is 15.0 Å². The van der Waals surface area contributed by atoms with Gasteiger partial charge < -0.3 is 15.3 Å². The third kappa shape index (κ3) is 2.39. The molecule has 0 heterocycles. The van der Waals surface area contributed by atoms with E-state index in [4.69, 9.17) is 16.7 Å². The molecule has 0 aliphatic carbocycles. The van der Waals surface area contributed by atoms with Gasteiger partial charge in [-0.1, -0.05) is 31.5 Å². The molecule has 0 radical (unpaired) electrons. The molecular weight excluding hydrogens is 232 g/mol. The molecule has 0 unspecified atom stereocenters. The van der Waals surface area contributed by atoms with Crippen LogP contribution >= 0.6 is 11.6 Å². The van der Waals surface area contributed by atoms with Gasteiger partial charge in [-0.25, -0.2) is 0 Å². The Morgan fingerprint density at radius 2 is 1.88 bits per heavy atom. The van der Waals surface area contributed by atoms with Crippen molar-refractivity contribution in [3.8, 4) is 11.5 Å². The minimum Gasteiger partial charge on any atom is -0.504 e. The van der Waals surface area contributed by atoms with E-state index in [1.54, 1.807) is 13.8 Å². The number of phenols is 2. The number of hydrogen-bond donors (Lipinski definition) is 3. The van der Waals surface area contributed by atoms with Gasteiger partial charge >= 0.3 is 5.97 Å². The number of aromatic hydroxyl groups is 2. The van der Waals surface area contributed by atoms with Crippen molar-refractivity contribution < 1.29 is 20.1 Å². The summed E-state index contributed by atoms with van der Waals surface area (Å²) in [5.41, 5.74) is -0.422. The molecule has 0 saturated heterocycles. The van der Waals surface area contributed by atoms with Crippen LogP contribution in [-0.4, -0.2) is 21.3 Å². The summed E-state index contributed by atoms with van der Waals surface area (Å²) < 4.78 is 0. The molecule has 0 aliphatic rings. The van der Waals surface area contributed by atoms with Gasteiger partial charge in [0, 0.05) is 11.0 Å². The van der Waals surface area contributed by atoms with Gasteiger partial charge in [0.15, 0.2) is 11.5 Å². The SMILES string of the molecule is CC(C)(CC(=O)O)c1ccc(Cl)c(O)c1O. The number of halogens is 1. The molecule has 0 fully saturated rings. The quantitative estimate of drug-likeness (QED) is 0.714. The second-order valence-electron chi connectivity index (χ2n) is 4.25. The second kappa shape index (κ2) is 4.22. The van der Waals surface area contributed by atoms with E-state index in [1.165, 1.54) is 12.1 Å². The van der Waals surface area contributed by atoms with Gasteiger partial charge in [0.2, 0.25) is 0 Å². The lowest BCUT2D eigenvalue weighted by atomic mass is 9.81. The summed E-state index contributed by atoms with van der Waals surface area (Å²) in [6.45, 7) is 3.34. The zero-order valence-electron chi connectivity index (χ0n) is 8.99. The first-order chi connectivity index (χ1) is 7.25. The van der Waals surface area contributed by atoms with Crippen LogP contribution in [0, 0.1) is 0 Å². The molecular formula is C11H13ClO4. The van der Waals surface area contributed by atoms with Crippen molar-refractivity contribution >= 4 is 17.6 Å². The van der Waals surface area contributed by atoms with Crippen LogP contribution in [0.3, 0.4) is 0 Å². The smallest absolute Gasteiger partial charge is 0.304 e. The van der Waals surface area contributed by atoms with E-state index < -0.39 is 17.1 Å². The standard InChI is InChI=1S/C11H13ClO4/c1-11(2,5-8(13)14)6-3-4-7(12)10(16)9(6)15/h3-4,15-16H,5H2,1-2H3,(H,13,14). The summed E-state index contributed by atoms with van der Waals surface area (Å²) in [5, 5.41) is 27.9. The van der Waals surface area contributed by atoms with Crippen molar-refractivity contribution in [3.63, 3.8) is 0 Å². The highest BCUT2D eigenvalue weighted by atomic mass is 35.5. The Bertz CT molecular complexity index is 426. The predicted molar refractivity (Wildman–Crippen MR) is 60.1 cm³/mol. The van der Waals surface area contributed by atoms with E-state index in [2.05, 4.69) is 0 Å². The summed E-state index contributed by atoms with van der Waals surface area (Å²) in [7, 11) is 0. The third-order valence-electron chi connectivity index (χ3n) is 2.42. The number of benzene rings is 1. The normalized spacial score (nSPS) is 11.4. The largest absolute Gasteiger partial charge is 0.504 e. The molecule has 0 spiro atoms. The Balaban J connectivity index is 3.23. The van der Waals surface area contributed by atoms with Crippen LogP contribution in [0.15, 0.2) is 12.1 Å². The molecule has 0 aliphatic heterocycles. The van der Waals surface area contributed by atoms with Crippen LogP contribution < -0.4 is 0 Å². The number of phenolic OH excluding ortho intramolecular Hbond substituents is 2. The summed E-state index contributed by atoms with van der Waals surface area (Å²) in [6.07, 6.45) is -0.151. The molecule has 4 nitrogen and oxygen atoms in total. The topological polar surface area (TPSA) is 77.8 Å². The summed E-state index contributed by atoms with van der Waals surface area (Å²) in [6, 6.07) is 2.94. The predicted octanol–water partition coefficient (Wildman–Crippen LogP) is 2.50. The number of carboxylic acids is 1. The summed E-state index contributed by atoms with van der Waals surface area (Å²) in [4.78, 5) is 10.7. The average molecular weight is 245 g/mol. The van der Waals surface area contributed by atoms with Gasteiger partial charge in [-0.3, -0.25) is 4.79 Å². The first-order valence-corrected chi connectivity index (χ1v) is 5.06. The molecule has 0 saturated carbocycles. The maximum atomic E-state index is 10.7. The summed E-state index contributed by atoms with van der Waals surface area (Å²) >= 11 is 5.62. The van der Waals surface area contributed by atoms with E-state index in [0.29, 0.717) is 5.56 Å². The van der Waals surface area contributed by atoms with Crippen molar-refractivity contribution in [2.75, 3.05) is 0 Å². The number of carboxylic acid groups (broad SMARTS) is 1. The Labute approximate surface area is 98.1 Å². The third-order valence-corrected chi connectivity index (χ3v) is 2.73. The zero-order valence-corrected chi connectivity index (χ0v) is 9.75. The van der Waals surface area contributed by atoms with Gasteiger partial charge in [-0.2, -0.15) is 0 Å². The highest BCUT2D eigenvalue weighted by Gasteiger charge is 2.28. The Kier molecular flexibility index (Phi) is 3.33. The maximum absolute atomic E-state index is 10.7. The second-order valence-corrected chi connectivity index (χ2v) is 4.65. The fourth-order valence-corrected chi connectivity index (χ4v) is 1.73. The zero-order chi connectivity index (χ0) is 12.5. The number of aliphatic carboxylic acids is 1. The molecule has 0 atom stereocenters. The lowest BCUT2D eigenvalue weighted by Gasteiger charge is -2.24. The highest BCUT2D eigenvalue weighted by Crippen LogP contribution is 2.42. The molecule has 16 heavy (non-hydrogen) atoms. The Hall–Kier alpha value is -1.42. The molecule has 1 aromatic rings. The molecule has 88 valence electrons. The summed E-state index contributed by atoms with van der Waals surface area (Å²) in [5.74, 6) is -1.75. The van der Waals surface area contributed by atoms with E-state index in [-0.39, 0.29) is 17.2 Å². The van der Waals surface area contributed by atoms with Gasteiger partial charge in [-0.15, -0.1) is 0 Å². The van der Waals surface area contributed by atoms with Crippen molar-refractivity contribution in [2.24, 2.45) is 0 Å². The minimum atomic E-state index is -0.973. The first kappa shape index (κ1) is 12.6. The van der Waals surface area contributed by atoms with Gasteiger partial charge in [0.1, 0.15) is 0 Å². The van der Waals surface area contributed by atoms with E-state index in [0.717, 1.165) is 0 Å². The van der Waals surface area contributed by atoms with Crippen LogP contribution in [0.1, 0.15) is 25.8 Å². The molecule has 1 rings (SSSR count). The highest BCUT2D eigenvalue weighted by molar-refractivity contribution is 6.32. The van der Waals surface area contributed by atoms with Gasteiger partial charge in [-0.05, 0) is 6.07 Å². The van der Waals surface area contributed by atoms with Crippen LogP contribution in [-0.2, 0) is 10.2 Å². The average Bonchev–Trinajstić information content (AvgIpc) is 2.11. The fraction of sp³-hybridized carbons (Fsp3) is 0.364. The molecule has 0 bridgehead atoms. The van der Waals surface area contributed by atoms with Crippen LogP contribution in [0.4, 0.5) is 0 Å². The van der Waals surface area contributed by atoms with Crippen molar-refractivity contribution in [3.05, 3.63) is 22.7 Å². The van der Waals surface area contributed by atoms with Crippen LogP contribution in [0.2, 0.25) is 5.02 Å². The minimum absolute atomic E-state index is 0.0346. The Morgan fingerprint density at radius 3 is 2.38 bits per heavy atom. The molecule has 1 aromatic carbocycles. The molecule has 3 N–H and O–H groups in total. The van der Waals surface area contributed by atoms with E-state index >= 15 is 0 Å². The monoisotopic (exact) mass is 244 g/mol. The molecule has 0 amide bonds. The first-order valence-electron chi connectivity index (χ1n) is 4.68. The molecule has 5 heteroatoms. The van der Waals surface area contributed by atoms with Gasteiger partial charge in [0.05, 0.1) is 11.4 Å². The van der Waals surface area contributed by atoms with Gasteiger partial charge in [0.25, 0.3) is 0 Å². The fourth-order valence-electron chi connectivity index (χ4n) is 1.57. The van der Waals surface area contributed by atoms with Crippen molar-refractivity contribution in [1.82, 2.24) is 0 Å². The van der Waals surface area contributed by atoms with Crippen molar-refractivity contribution in [1.29, 1.82) is 0 Å². The van der Waals surface area contributed by atoms with Crippen molar-refractivity contribution in [2.45, 2.75) is 25.7 Å². The lowest BCUT2D eigenvalue weighted by Crippen LogP contribution is -2.21. The Morgan fingerprint density at radius 1 is 1.31 bits per heavy atom. The lowest BCUT2D eigenvalue weighted by molar-refractivity contribution is -0.138. The maximum Gasteiger partial charge on any atom is 0.304 e. The van der Waals surface area contributed by atoms with Crippen LogP contribution in [0.25, 0.3) is 0 Å². The number of rotatable bonds is 3. The number of hydrogen-bond acceptors (Lipinski definition) is 3. The molecule has 0 aromatic heterocycles. The number of carbonyl (C=O) groups is 1.